The van der Waals surface area contributed by atoms with Crippen LogP contribution in [0.5, 0.6) is 0 Å². The van der Waals surface area contributed by atoms with Crippen LogP contribution in [0.4, 0.5) is 17.2 Å². The summed E-state index contributed by atoms with van der Waals surface area (Å²) in [5.74, 6) is -0.716. The van der Waals surface area contributed by atoms with Gasteiger partial charge >= 0.3 is 0 Å². The minimum Gasteiger partial charge on any atom is -0.383 e. The molecular formula is C12H9ClN4O3. The molecule has 8 heteroatoms. The first kappa shape index (κ1) is 13.8. The molecular weight excluding hydrogens is 284 g/mol. The number of pyridine rings is 1. The third-order valence-electron chi connectivity index (χ3n) is 2.48. The van der Waals surface area contributed by atoms with E-state index < -0.39 is 10.8 Å². The molecule has 7 nitrogen and oxygen atoms in total. The number of hydrogen-bond donors (Lipinski definition) is 2. The quantitative estimate of drug-likeness (QED) is 0.667. The fourth-order valence-corrected chi connectivity index (χ4v) is 1.68. The van der Waals surface area contributed by atoms with Crippen LogP contribution in [0.15, 0.2) is 36.5 Å². The predicted molar refractivity (Wildman–Crippen MR) is 74.7 cm³/mol. The number of aromatic nitrogens is 1. The zero-order valence-electron chi connectivity index (χ0n) is 10.0. The van der Waals surface area contributed by atoms with Crippen molar-refractivity contribution in [1.82, 2.24) is 4.98 Å². The van der Waals surface area contributed by atoms with Crippen LogP contribution in [0, 0.1) is 10.1 Å². The van der Waals surface area contributed by atoms with E-state index in [2.05, 4.69) is 10.3 Å². The van der Waals surface area contributed by atoms with Gasteiger partial charge in [0.15, 0.2) is 0 Å². The molecule has 1 amide bonds. The Kier molecular flexibility index (Phi) is 3.81. The molecule has 0 aliphatic carbocycles. The predicted octanol–water partition coefficient (Wildman–Crippen LogP) is 2.48. The lowest BCUT2D eigenvalue weighted by atomic mass is 10.2. The molecule has 0 fully saturated rings. The number of amides is 1. The van der Waals surface area contributed by atoms with E-state index in [-0.39, 0.29) is 17.1 Å². The van der Waals surface area contributed by atoms with Crippen molar-refractivity contribution in [1.29, 1.82) is 0 Å². The fraction of sp³-hybridized carbons (Fsp3) is 0. The highest BCUT2D eigenvalue weighted by Crippen LogP contribution is 2.23. The summed E-state index contributed by atoms with van der Waals surface area (Å²) in [6, 6.07) is 7.67. The summed E-state index contributed by atoms with van der Waals surface area (Å²) in [4.78, 5) is 25.7. The second kappa shape index (κ2) is 5.54. The summed E-state index contributed by atoms with van der Waals surface area (Å²) in [5.41, 5.74) is 5.53. The van der Waals surface area contributed by atoms with Crippen LogP contribution in [0.25, 0.3) is 0 Å². The van der Waals surface area contributed by atoms with E-state index in [0.717, 1.165) is 12.3 Å². The van der Waals surface area contributed by atoms with Crippen molar-refractivity contribution in [2.24, 2.45) is 0 Å². The molecule has 2 rings (SSSR count). The summed E-state index contributed by atoms with van der Waals surface area (Å²) in [7, 11) is 0. The minimum atomic E-state index is -0.654. The Balaban J connectivity index is 2.32. The van der Waals surface area contributed by atoms with Gasteiger partial charge in [-0.2, -0.15) is 0 Å². The Labute approximate surface area is 118 Å². The molecule has 0 saturated carbocycles. The maximum absolute atomic E-state index is 12.0. The van der Waals surface area contributed by atoms with Crippen LogP contribution < -0.4 is 11.1 Å². The molecule has 3 N–H and O–H groups in total. The molecule has 20 heavy (non-hydrogen) atoms. The molecule has 2 aromatic rings. The normalized spacial score (nSPS) is 10.1. The van der Waals surface area contributed by atoms with E-state index in [0.29, 0.717) is 10.7 Å². The number of halogens is 1. The average Bonchev–Trinajstić information content (AvgIpc) is 2.41. The molecule has 1 aromatic heterocycles. The maximum Gasteiger partial charge on any atom is 0.288 e. The number of rotatable bonds is 3. The molecule has 1 aromatic carbocycles. The van der Waals surface area contributed by atoms with Crippen LogP contribution in [0.3, 0.4) is 0 Å². The number of nitro groups is 1. The minimum absolute atomic E-state index is 0.0841. The monoisotopic (exact) mass is 292 g/mol. The second-order valence-corrected chi connectivity index (χ2v) is 4.22. The van der Waals surface area contributed by atoms with Gasteiger partial charge in [-0.1, -0.05) is 23.7 Å². The van der Waals surface area contributed by atoms with Crippen LogP contribution in [-0.4, -0.2) is 15.8 Å². The highest BCUT2D eigenvalue weighted by molar-refractivity contribution is 6.34. The summed E-state index contributed by atoms with van der Waals surface area (Å²) >= 11 is 5.91. The van der Waals surface area contributed by atoms with Crippen molar-refractivity contribution in [2.45, 2.75) is 0 Å². The highest BCUT2D eigenvalue weighted by atomic mass is 35.5. The van der Waals surface area contributed by atoms with Crippen molar-refractivity contribution in [3.63, 3.8) is 0 Å². The van der Waals surface area contributed by atoms with E-state index in [4.69, 9.17) is 17.3 Å². The molecule has 0 atom stereocenters. The third-order valence-corrected chi connectivity index (χ3v) is 2.81. The number of carbonyl (C=O) groups is 1. The number of nitrogens with one attached hydrogen (secondary N) is 1. The first-order valence-electron chi connectivity index (χ1n) is 5.45. The average molecular weight is 293 g/mol. The van der Waals surface area contributed by atoms with E-state index in [9.17, 15) is 14.9 Å². The van der Waals surface area contributed by atoms with Gasteiger partial charge in [0.1, 0.15) is 12.0 Å². The smallest absolute Gasteiger partial charge is 0.288 e. The van der Waals surface area contributed by atoms with E-state index in [1.807, 2.05) is 0 Å². The number of carbonyl (C=O) groups excluding carboxylic acids is 1. The summed E-state index contributed by atoms with van der Waals surface area (Å²) < 4.78 is 0. The Morgan fingerprint density at radius 2 is 2.10 bits per heavy atom. The number of nitrogen functional groups attached to an aromatic ring is 1. The number of nitrogens with zero attached hydrogens (tertiary/aromatic N) is 2. The molecule has 0 aliphatic heterocycles. The Morgan fingerprint density at radius 3 is 2.75 bits per heavy atom. The van der Waals surface area contributed by atoms with Gasteiger partial charge in [-0.25, -0.2) is 4.98 Å². The van der Waals surface area contributed by atoms with Crippen molar-refractivity contribution in [2.75, 3.05) is 11.1 Å². The van der Waals surface area contributed by atoms with Crippen LogP contribution >= 0.6 is 11.6 Å². The van der Waals surface area contributed by atoms with Crippen molar-refractivity contribution < 1.29 is 9.72 Å². The molecule has 0 spiro atoms. The maximum atomic E-state index is 12.0. The highest BCUT2D eigenvalue weighted by Gasteiger charge is 2.17. The largest absolute Gasteiger partial charge is 0.383 e. The fourth-order valence-electron chi connectivity index (χ4n) is 1.50. The van der Waals surface area contributed by atoms with E-state index in [1.54, 1.807) is 24.3 Å². The lowest BCUT2D eigenvalue weighted by molar-refractivity contribution is -0.385. The van der Waals surface area contributed by atoms with Crippen LogP contribution in [0.1, 0.15) is 10.4 Å². The molecule has 0 aliphatic rings. The zero-order chi connectivity index (χ0) is 14.7. The standard InChI is InChI=1S/C12H9ClN4O3/c13-9-3-1-2-4-10(9)16-12(18)8-5-7(17(19)20)6-15-11(8)14/h1-6H,(H2,14,15)(H,16,18). The van der Waals surface area contributed by atoms with Crippen molar-refractivity contribution in [3.8, 4) is 0 Å². The molecule has 1 heterocycles. The van der Waals surface area contributed by atoms with Gasteiger partial charge in [0.25, 0.3) is 11.6 Å². The van der Waals surface area contributed by atoms with Gasteiger partial charge in [-0.15, -0.1) is 0 Å². The zero-order valence-corrected chi connectivity index (χ0v) is 10.8. The number of benzene rings is 1. The van der Waals surface area contributed by atoms with Gasteiger partial charge in [-0.05, 0) is 12.1 Å². The van der Waals surface area contributed by atoms with Crippen molar-refractivity contribution >= 4 is 34.7 Å². The van der Waals surface area contributed by atoms with Crippen LogP contribution in [0.2, 0.25) is 5.02 Å². The van der Waals surface area contributed by atoms with Crippen LogP contribution in [-0.2, 0) is 0 Å². The SMILES string of the molecule is Nc1ncc([N+](=O)[O-])cc1C(=O)Nc1ccccc1Cl. The molecule has 0 unspecified atom stereocenters. The summed E-state index contributed by atoms with van der Waals surface area (Å²) in [6.45, 7) is 0. The van der Waals surface area contributed by atoms with Gasteiger partial charge in [0.05, 0.1) is 21.2 Å². The lowest BCUT2D eigenvalue weighted by Crippen LogP contribution is -2.15. The van der Waals surface area contributed by atoms with Gasteiger partial charge < -0.3 is 11.1 Å². The Morgan fingerprint density at radius 1 is 1.40 bits per heavy atom. The second-order valence-electron chi connectivity index (χ2n) is 3.82. The van der Waals surface area contributed by atoms with E-state index >= 15 is 0 Å². The lowest BCUT2D eigenvalue weighted by Gasteiger charge is -2.08. The number of hydrogen-bond acceptors (Lipinski definition) is 5. The van der Waals surface area contributed by atoms with E-state index in [1.165, 1.54) is 0 Å². The molecule has 102 valence electrons. The number of para-hydroxylation sites is 1. The molecule has 0 bridgehead atoms. The van der Waals surface area contributed by atoms with Crippen molar-refractivity contribution in [3.05, 3.63) is 57.2 Å². The Hall–Kier alpha value is -2.67. The summed E-state index contributed by atoms with van der Waals surface area (Å²) in [5, 5.41) is 13.5. The van der Waals surface area contributed by atoms with Gasteiger partial charge in [-0.3, -0.25) is 14.9 Å². The molecule has 0 saturated heterocycles. The first-order chi connectivity index (χ1) is 9.49. The number of anilines is 2. The molecule has 0 radical (unpaired) electrons. The third kappa shape index (κ3) is 2.83. The number of nitrogens with two attached hydrogens (primary N) is 1. The summed E-state index contributed by atoms with van der Waals surface area (Å²) in [6.07, 6.45) is 0.988. The Bertz CT molecular complexity index is 690. The first-order valence-corrected chi connectivity index (χ1v) is 5.82. The van der Waals surface area contributed by atoms with Gasteiger partial charge in [0, 0.05) is 6.07 Å². The van der Waals surface area contributed by atoms with Gasteiger partial charge in [0.2, 0.25) is 0 Å². The topological polar surface area (TPSA) is 111 Å².